The van der Waals surface area contributed by atoms with Gasteiger partial charge in [0.25, 0.3) is 0 Å². The number of nitrogens with zero attached hydrogens (tertiary/aromatic N) is 2. The second kappa shape index (κ2) is 7.44. The van der Waals surface area contributed by atoms with Crippen LogP contribution in [0.25, 0.3) is 0 Å². The standard InChI is InChI=1S/C22H20ClFN4O/c1-22(2)11-17-19(18(29)12-22)20(25-16-5-3-4-13(23)10-16)28-21(27-17)26-15-8-6-14(24)7-9-15/h3-10H,11-12H2,1-2H3,(H2,25,26,27,28). The lowest BCUT2D eigenvalue weighted by Gasteiger charge is -2.30. The predicted octanol–water partition coefficient (Wildman–Crippen LogP) is 5.91. The average molecular weight is 411 g/mol. The number of hydrogen-bond acceptors (Lipinski definition) is 5. The zero-order chi connectivity index (χ0) is 20.6. The summed E-state index contributed by atoms with van der Waals surface area (Å²) in [6.07, 6.45) is 1.08. The molecule has 0 radical (unpaired) electrons. The minimum atomic E-state index is -0.322. The molecule has 4 rings (SSSR count). The summed E-state index contributed by atoms with van der Waals surface area (Å²) in [5.74, 6) is 0.458. The monoisotopic (exact) mass is 410 g/mol. The molecule has 0 unspecified atom stereocenters. The molecule has 0 atom stereocenters. The van der Waals surface area contributed by atoms with Crippen LogP contribution in [0.1, 0.15) is 36.3 Å². The molecule has 0 amide bonds. The Morgan fingerprint density at radius 1 is 1.00 bits per heavy atom. The van der Waals surface area contributed by atoms with Crippen LogP contribution in [0.4, 0.5) is 27.5 Å². The van der Waals surface area contributed by atoms with E-state index in [0.717, 1.165) is 5.69 Å². The summed E-state index contributed by atoms with van der Waals surface area (Å²) < 4.78 is 13.2. The third kappa shape index (κ3) is 4.38. The van der Waals surface area contributed by atoms with Crippen molar-refractivity contribution < 1.29 is 9.18 Å². The number of benzene rings is 2. The molecule has 0 bridgehead atoms. The van der Waals surface area contributed by atoms with Crippen molar-refractivity contribution in [2.75, 3.05) is 10.6 Å². The highest BCUT2D eigenvalue weighted by atomic mass is 35.5. The van der Waals surface area contributed by atoms with Gasteiger partial charge in [-0.05, 0) is 54.3 Å². The highest BCUT2D eigenvalue weighted by Crippen LogP contribution is 2.38. The Bertz CT molecular complexity index is 1080. The van der Waals surface area contributed by atoms with Crippen LogP contribution in [-0.4, -0.2) is 15.8 Å². The number of hydrogen-bond donors (Lipinski definition) is 2. The summed E-state index contributed by atoms with van der Waals surface area (Å²) in [4.78, 5) is 22.0. The average Bonchev–Trinajstić information content (AvgIpc) is 2.62. The molecule has 0 aliphatic heterocycles. The lowest BCUT2D eigenvalue weighted by Crippen LogP contribution is -2.29. The summed E-state index contributed by atoms with van der Waals surface area (Å²) in [7, 11) is 0. The lowest BCUT2D eigenvalue weighted by atomic mass is 9.75. The molecule has 1 heterocycles. The molecule has 1 aliphatic rings. The molecule has 7 heteroatoms. The van der Waals surface area contributed by atoms with Gasteiger partial charge in [0.1, 0.15) is 11.6 Å². The maximum Gasteiger partial charge on any atom is 0.229 e. The first kappa shape index (κ1) is 19.3. The Morgan fingerprint density at radius 2 is 1.76 bits per heavy atom. The smallest absolute Gasteiger partial charge is 0.229 e. The summed E-state index contributed by atoms with van der Waals surface area (Å²) in [6, 6.07) is 13.1. The number of anilines is 4. The first-order valence-corrected chi connectivity index (χ1v) is 9.66. The number of carbonyl (C=O) groups excluding carboxylic acids is 1. The minimum Gasteiger partial charge on any atom is -0.339 e. The normalized spacial score (nSPS) is 15.0. The number of ketones is 1. The molecule has 1 aliphatic carbocycles. The fraction of sp³-hybridized carbons (Fsp3) is 0.227. The summed E-state index contributed by atoms with van der Waals surface area (Å²) in [5.41, 5.74) is 2.40. The zero-order valence-corrected chi connectivity index (χ0v) is 16.8. The lowest BCUT2D eigenvalue weighted by molar-refractivity contribution is 0.0911. The second-order valence-corrected chi connectivity index (χ2v) is 8.36. The molecule has 3 aromatic rings. The number of nitrogens with one attached hydrogen (secondary N) is 2. The summed E-state index contributed by atoms with van der Waals surface area (Å²) in [5, 5.41) is 6.88. The third-order valence-corrected chi connectivity index (χ3v) is 4.97. The first-order chi connectivity index (χ1) is 13.8. The number of halogens is 2. The Labute approximate surface area is 173 Å². The van der Waals surface area contributed by atoms with Gasteiger partial charge in [0.05, 0.1) is 11.3 Å². The van der Waals surface area contributed by atoms with E-state index in [0.29, 0.717) is 46.6 Å². The summed E-state index contributed by atoms with van der Waals surface area (Å²) >= 11 is 6.09. The van der Waals surface area contributed by atoms with E-state index in [1.165, 1.54) is 12.1 Å². The van der Waals surface area contributed by atoms with E-state index in [1.54, 1.807) is 24.3 Å². The topological polar surface area (TPSA) is 66.9 Å². The van der Waals surface area contributed by atoms with E-state index in [1.807, 2.05) is 26.0 Å². The quantitative estimate of drug-likeness (QED) is 0.559. The van der Waals surface area contributed by atoms with Crippen LogP contribution in [0.3, 0.4) is 0 Å². The Balaban J connectivity index is 1.77. The summed E-state index contributed by atoms with van der Waals surface area (Å²) in [6.45, 7) is 4.10. The Hall–Kier alpha value is -2.99. The second-order valence-electron chi connectivity index (χ2n) is 7.93. The van der Waals surface area contributed by atoms with Gasteiger partial charge in [-0.25, -0.2) is 9.37 Å². The van der Waals surface area contributed by atoms with Gasteiger partial charge in [0, 0.05) is 22.8 Å². The highest BCUT2D eigenvalue weighted by molar-refractivity contribution is 6.30. The zero-order valence-electron chi connectivity index (χ0n) is 16.1. The molecule has 1 aromatic heterocycles. The van der Waals surface area contributed by atoms with Gasteiger partial charge in [-0.1, -0.05) is 31.5 Å². The van der Waals surface area contributed by atoms with Crippen molar-refractivity contribution in [3.05, 3.63) is 70.6 Å². The molecule has 0 saturated carbocycles. The molecule has 0 spiro atoms. The van der Waals surface area contributed by atoms with Crippen molar-refractivity contribution >= 4 is 40.5 Å². The number of Topliss-reactive ketones (excluding diaryl/α,β-unsaturated/α-hetero) is 1. The van der Waals surface area contributed by atoms with Gasteiger partial charge in [0.15, 0.2) is 5.78 Å². The molecule has 2 aromatic carbocycles. The van der Waals surface area contributed by atoms with Gasteiger partial charge in [-0.3, -0.25) is 4.79 Å². The van der Waals surface area contributed by atoms with Crippen LogP contribution in [0.2, 0.25) is 5.02 Å². The van der Waals surface area contributed by atoms with Gasteiger partial charge < -0.3 is 10.6 Å². The molecular weight excluding hydrogens is 391 g/mol. The van der Waals surface area contributed by atoms with Crippen LogP contribution in [0, 0.1) is 11.2 Å². The molecular formula is C22H20ClFN4O. The van der Waals surface area contributed by atoms with Crippen LogP contribution in [-0.2, 0) is 6.42 Å². The van der Waals surface area contributed by atoms with Crippen LogP contribution >= 0.6 is 11.6 Å². The fourth-order valence-corrected chi connectivity index (χ4v) is 3.67. The van der Waals surface area contributed by atoms with Crippen molar-refractivity contribution in [1.29, 1.82) is 0 Å². The van der Waals surface area contributed by atoms with E-state index in [9.17, 15) is 9.18 Å². The first-order valence-electron chi connectivity index (χ1n) is 9.28. The largest absolute Gasteiger partial charge is 0.339 e. The SMILES string of the molecule is CC1(C)CC(=O)c2c(nc(Nc3ccc(F)cc3)nc2Nc2cccc(Cl)c2)C1. The van der Waals surface area contributed by atoms with Crippen LogP contribution in [0.15, 0.2) is 48.5 Å². The minimum absolute atomic E-state index is 0.00844. The van der Waals surface area contributed by atoms with Gasteiger partial charge >= 0.3 is 0 Å². The Kier molecular flexibility index (Phi) is 4.96. The van der Waals surface area contributed by atoms with Gasteiger partial charge in [-0.15, -0.1) is 0 Å². The van der Waals surface area contributed by atoms with Gasteiger partial charge in [-0.2, -0.15) is 4.98 Å². The van der Waals surface area contributed by atoms with Crippen molar-refractivity contribution in [2.45, 2.75) is 26.7 Å². The van der Waals surface area contributed by atoms with E-state index < -0.39 is 0 Å². The molecule has 0 fully saturated rings. The molecule has 5 nitrogen and oxygen atoms in total. The van der Waals surface area contributed by atoms with Crippen molar-refractivity contribution in [2.24, 2.45) is 5.41 Å². The number of carbonyl (C=O) groups is 1. The molecule has 29 heavy (non-hydrogen) atoms. The Morgan fingerprint density at radius 3 is 2.48 bits per heavy atom. The highest BCUT2D eigenvalue weighted by Gasteiger charge is 2.35. The van der Waals surface area contributed by atoms with Crippen LogP contribution < -0.4 is 10.6 Å². The number of aromatic nitrogens is 2. The van der Waals surface area contributed by atoms with Crippen molar-refractivity contribution in [3.8, 4) is 0 Å². The van der Waals surface area contributed by atoms with Crippen molar-refractivity contribution in [1.82, 2.24) is 9.97 Å². The number of fused-ring (bicyclic) bond motifs is 1. The third-order valence-electron chi connectivity index (χ3n) is 4.74. The molecule has 148 valence electrons. The van der Waals surface area contributed by atoms with E-state index >= 15 is 0 Å². The predicted molar refractivity (Wildman–Crippen MR) is 113 cm³/mol. The maximum atomic E-state index is 13.2. The fourth-order valence-electron chi connectivity index (χ4n) is 3.48. The molecule has 0 saturated heterocycles. The van der Waals surface area contributed by atoms with E-state index in [-0.39, 0.29) is 17.0 Å². The molecule has 2 N–H and O–H groups in total. The van der Waals surface area contributed by atoms with Gasteiger partial charge in [0.2, 0.25) is 5.95 Å². The van der Waals surface area contributed by atoms with Crippen LogP contribution in [0.5, 0.6) is 0 Å². The van der Waals surface area contributed by atoms with Crippen molar-refractivity contribution in [3.63, 3.8) is 0 Å². The van der Waals surface area contributed by atoms with E-state index in [4.69, 9.17) is 11.6 Å². The number of rotatable bonds is 4. The van der Waals surface area contributed by atoms with E-state index in [2.05, 4.69) is 20.6 Å². The maximum absolute atomic E-state index is 13.2.